The fraction of sp³-hybridized carbons (Fsp3) is 0.190. The van der Waals surface area contributed by atoms with Crippen molar-refractivity contribution in [2.24, 2.45) is 0 Å². The molecule has 3 aromatic rings. The molecule has 124 valence electrons. The minimum absolute atomic E-state index is 0.261. The standard InChI is InChI=1S/C11H15NO2.C10H8/c1-2-12-8-9-14-11(13)10-6-4-3-5-7-10;1-2-6-10-8-4-3-7-9(10)5-1/h3-7,12H,2,8-9H2,1H3;1-8H. The maximum atomic E-state index is 11.4. The summed E-state index contributed by atoms with van der Waals surface area (Å²) in [7, 11) is 0. The fourth-order valence-electron chi connectivity index (χ4n) is 2.18. The number of ether oxygens (including phenoxy) is 1. The van der Waals surface area contributed by atoms with Crippen molar-refractivity contribution >= 4 is 16.7 Å². The average molecular weight is 321 g/mol. The van der Waals surface area contributed by atoms with Gasteiger partial charge < -0.3 is 10.1 Å². The van der Waals surface area contributed by atoms with Crippen LogP contribution in [-0.4, -0.2) is 25.7 Å². The second-order valence-electron chi connectivity index (χ2n) is 5.20. The van der Waals surface area contributed by atoms with Gasteiger partial charge in [-0.3, -0.25) is 0 Å². The smallest absolute Gasteiger partial charge is 0.338 e. The van der Waals surface area contributed by atoms with Gasteiger partial charge in [0.15, 0.2) is 0 Å². The second-order valence-corrected chi connectivity index (χ2v) is 5.20. The highest BCUT2D eigenvalue weighted by atomic mass is 16.5. The van der Waals surface area contributed by atoms with Crippen molar-refractivity contribution in [1.29, 1.82) is 0 Å². The molecule has 0 bridgehead atoms. The quantitative estimate of drug-likeness (QED) is 0.563. The van der Waals surface area contributed by atoms with Gasteiger partial charge in [-0.1, -0.05) is 73.7 Å². The molecule has 0 unspecified atom stereocenters. The van der Waals surface area contributed by atoms with Gasteiger partial charge in [-0.25, -0.2) is 4.79 Å². The molecule has 0 aliphatic heterocycles. The maximum Gasteiger partial charge on any atom is 0.338 e. The van der Waals surface area contributed by atoms with Crippen molar-refractivity contribution in [3.05, 3.63) is 84.4 Å². The van der Waals surface area contributed by atoms with Crippen LogP contribution in [0.4, 0.5) is 0 Å². The van der Waals surface area contributed by atoms with E-state index < -0.39 is 0 Å². The summed E-state index contributed by atoms with van der Waals surface area (Å²) in [6.45, 7) is 4.03. The number of nitrogens with one attached hydrogen (secondary N) is 1. The van der Waals surface area contributed by atoms with Crippen LogP contribution in [-0.2, 0) is 4.74 Å². The molecule has 0 aliphatic rings. The molecule has 0 aliphatic carbocycles. The highest BCUT2D eigenvalue weighted by Gasteiger charge is 2.04. The summed E-state index contributed by atoms with van der Waals surface area (Å²) in [5, 5.41) is 5.70. The molecule has 0 radical (unpaired) electrons. The Balaban J connectivity index is 0.000000182. The predicted octanol–water partition coefficient (Wildman–Crippen LogP) is 4.29. The van der Waals surface area contributed by atoms with Gasteiger partial charge in [0, 0.05) is 6.54 Å². The third-order valence-electron chi connectivity index (χ3n) is 3.43. The van der Waals surface area contributed by atoms with Crippen LogP contribution >= 0.6 is 0 Å². The van der Waals surface area contributed by atoms with Crippen LogP contribution < -0.4 is 5.32 Å². The molecular weight excluding hydrogens is 298 g/mol. The monoisotopic (exact) mass is 321 g/mol. The molecular formula is C21H23NO2. The number of likely N-dealkylation sites (N-methyl/N-ethyl adjacent to an activating group) is 1. The molecule has 0 aromatic heterocycles. The lowest BCUT2D eigenvalue weighted by Crippen LogP contribution is -2.20. The molecule has 24 heavy (non-hydrogen) atoms. The van der Waals surface area contributed by atoms with Gasteiger partial charge in [0.05, 0.1) is 5.56 Å². The minimum Gasteiger partial charge on any atom is -0.461 e. The number of carbonyl (C=O) groups is 1. The van der Waals surface area contributed by atoms with Crippen LogP contribution in [0.3, 0.4) is 0 Å². The summed E-state index contributed by atoms with van der Waals surface area (Å²) >= 11 is 0. The van der Waals surface area contributed by atoms with E-state index in [2.05, 4.69) is 53.8 Å². The van der Waals surface area contributed by atoms with Gasteiger partial charge in [-0.15, -0.1) is 0 Å². The number of esters is 1. The van der Waals surface area contributed by atoms with E-state index in [4.69, 9.17) is 4.74 Å². The van der Waals surface area contributed by atoms with Gasteiger partial charge in [0.2, 0.25) is 0 Å². The molecule has 0 spiro atoms. The Kier molecular flexibility index (Phi) is 7.51. The lowest BCUT2D eigenvalue weighted by Gasteiger charge is -2.04. The zero-order chi connectivity index (χ0) is 17.0. The molecule has 3 nitrogen and oxygen atoms in total. The van der Waals surface area contributed by atoms with Crippen LogP contribution in [0.2, 0.25) is 0 Å². The molecule has 0 amide bonds. The van der Waals surface area contributed by atoms with E-state index in [9.17, 15) is 4.79 Å². The number of fused-ring (bicyclic) bond motifs is 1. The maximum absolute atomic E-state index is 11.4. The Hall–Kier alpha value is -2.65. The van der Waals surface area contributed by atoms with Crippen molar-refractivity contribution in [3.8, 4) is 0 Å². The Labute approximate surface area is 143 Å². The lowest BCUT2D eigenvalue weighted by atomic mass is 10.1. The van der Waals surface area contributed by atoms with Gasteiger partial charge in [0.1, 0.15) is 6.61 Å². The number of rotatable bonds is 5. The van der Waals surface area contributed by atoms with E-state index in [1.165, 1.54) is 10.8 Å². The molecule has 0 heterocycles. The van der Waals surface area contributed by atoms with E-state index in [1.54, 1.807) is 12.1 Å². The Morgan fingerprint density at radius 1 is 0.833 bits per heavy atom. The molecule has 0 fully saturated rings. The van der Waals surface area contributed by atoms with Gasteiger partial charge in [-0.2, -0.15) is 0 Å². The first-order chi connectivity index (χ1) is 11.8. The third kappa shape index (κ3) is 5.86. The second kappa shape index (κ2) is 10.2. The van der Waals surface area contributed by atoms with E-state index in [1.807, 2.05) is 25.1 Å². The summed E-state index contributed by atoms with van der Waals surface area (Å²) in [4.78, 5) is 11.4. The number of hydrogen-bond acceptors (Lipinski definition) is 3. The lowest BCUT2D eigenvalue weighted by molar-refractivity contribution is 0.0509. The Morgan fingerprint density at radius 3 is 1.83 bits per heavy atom. The zero-order valence-corrected chi connectivity index (χ0v) is 13.9. The molecule has 0 atom stereocenters. The molecule has 0 saturated carbocycles. The topological polar surface area (TPSA) is 38.3 Å². The Morgan fingerprint density at radius 2 is 1.33 bits per heavy atom. The first-order valence-corrected chi connectivity index (χ1v) is 8.18. The summed E-state index contributed by atoms with van der Waals surface area (Å²) in [5.41, 5.74) is 0.601. The van der Waals surface area contributed by atoms with Crippen LogP contribution in [0.5, 0.6) is 0 Å². The van der Waals surface area contributed by atoms with Crippen LogP contribution in [0.1, 0.15) is 17.3 Å². The number of benzene rings is 3. The van der Waals surface area contributed by atoms with Crippen LogP contribution in [0, 0.1) is 0 Å². The van der Waals surface area contributed by atoms with Gasteiger partial charge in [-0.05, 0) is 29.4 Å². The molecule has 0 saturated heterocycles. The van der Waals surface area contributed by atoms with Crippen molar-refractivity contribution in [2.45, 2.75) is 6.92 Å². The zero-order valence-electron chi connectivity index (χ0n) is 13.9. The number of carbonyl (C=O) groups excluding carboxylic acids is 1. The Bertz CT molecular complexity index is 675. The highest BCUT2D eigenvalue weighted by Crippen LogP contribution is 2.11. The normalized spacial score (nSPS) is 9.88. The summed E-state index contributed by atoms with van der Waals surface area (Å²) in [6, 6.07) is 25.7. The SMILES string of the molecule is CCNCCOC(=O)c1ccccc1.c1ccc2ccccc2c1. The van der Waals surface area contributed by atoms with E-state index >= 15 is 0 Å². The summed E-state index contributed by atoms with van der Waals surface area (Å²) in [6.07, 6.45) is 0. The predicted molar refractivity (Wildman–Crippen MR) is 99.2 cm³/mol. The molecule has 1 N–H and O–H groups in total. The van der Waals surface area contributed by atoms with Crippen LogP contribution in [0.15, 0.2) is 78.9 Å². The van der Waals surface area contributed by atoms with Gasteiger partial charge >= 0.3 is 5.97 Å². The van der Waals surface area contributed by atoms with E-state index in [0.29, 0.717) is 18.7 Å². The largest absolute Gasteiger partial charge is 0.461 e. The van der Waals surface area contributed by atoms with Crippen molar-refractivity contribution in [1.82, 2.24) is 5.32 Å². The van der Waals surface area contributed by atoms with Crippen molar-refractivity contribution in [3.63, 3.8) is 0 Å². The van der Waals surface area contributed by atoms with Gasteiger partial charge in [0.25, 0.3) is 0 Å². The number of hydrogen-bond donors (Lipinski definition) is 1. The molecule has 3 rings (SSSR count). The average Bonchev–Trinajstić information content (AvgIpc) is 2.66. The molecule has 3 aromatic carbocycles. The highest BCUT2D eigenvalue weighted by molar-refractivity contribution is 5.89. The fourth-order valence-corrected chi connectivity index (χ4v) is 2.18. The van der Waals surface area contributed by atoms with Crippen LogP contribution in [0.25, 0.3) is 10.8 Å². The van der Waals surface area contributed by atoms with E-state index in [0.717, 1.165) is 6.54 Å². The summed E-state index contributed by atoms with van der Waals surface area (Å²) < 4.78 is 5.03. The third-order valence-corrected chi connectivity index (χ3v) is 3.43. The van der Waals surface area contributed by atoms with E-state index in [-0.39, 0.29) is 5.97 Å². The molecule has 3 heteroatoms. The summed E-state index contributed by atoms with van der Waals surface area (Å²) in [5.74, 6) is -0.261. The minimum atomic E-state index is -0.261. The first kappa shape index (κ1) is 17.7. The van der Waals surface area contributed by atoms with Crippen molar-refractivity contribution < 1.29 is 9.53 Å². The van der Waals surface area contributed by atoms with Crippen molar-refractivity contribution in [2.75, 3.05) is 19.7 Å². The first-order valence-electron chi connectivity index (χ1n) is 8.18.